The molecule has 0 aliphatic rings. The molecule has 2 nitrogen and oxygen atoms in total. The van der Waals surface area contributed by atoms with Crippen molar-refractivity contribution in [2.45, 2.75) is 52.5 Å². The maximum absolute atomic E-state index is 8.81. The predicted octanol–water partition coefficient (Wildman–Crippen LogP) is 4.98. The highest BCUT2D eigenvalue weighted by molar-refractivity contribution is 6.17. The van der Waals surface area contributed by atoms with E-state index in [2.05, 4.69) is 34.6 Å². The van der Waals surface area contributed by atoms with Gasteiger partial charge in [-0.1, -0.05) is 26.0 Å². The minimum atomic E-state index is 0.0366. The molecule has 0 fully saturated rings. The Hall–Kier alpha value is -0.730. The summed E-state index contributed by atoms with van der Waals surface area (Å²) >= 11 is 5.50. The molecule has 0 aliphatic carbocycles. The monoisotopic (exact) mass is 286 g/mol. The molecule has 0 saturated heterocycles. The maximum atomic E-state index is 8.81. The molecule has 1 aromatic carbocycles. The lowest BCUT2D eigenvalue weighted by atomic mass is 10.1. The third-order valence-electron chi connectivity index (χ3n) is 2.32. The number of hydrogen-bond donors (Lipinski definition) is 1. The van der Waals surface area contributed by atoms with Crippen LogP contribution in [0.4, 0.5) is 0 Å². The average Bonchev–Trinajstić information content (AvgIpc) is 2.28. The summed E-state index contributed by atoms with van der Waals surface area (Å²) in [5, 5.41) is 8.81. The lowest BCUT2D eigenvalue weighted by Crippen LogP contribution is -2.20. The Morgan fingerprint density at radius 1 is 1.16 bits per heavy atom. The van der Waals surface area contributed by atoms with Crippen molar-refractivity contribution in [3.8, 4) is 5.75 Å². The Labute approximate surface area is 122 Å². The lowest BCUT2D eigenvalue weighted by Gasteiger charge is -2.19. The van der Waals surface area contributed by atoms with Gasteiger partial charge in [0.1, 0.15) is 5.75 Å². The smallest absolute Gasteiger partial charge is 0.115 e. The molecule has 0 atom stereocenters. The zero-order chi connectivity index (χ0) is 14.9. The van der Waals surface area contributed by atoms with E-state index in [1.165, 1.54) is 0 Å². The van der Waals surface area contributed by atoms with Crippen LogP contribution >= 0.6 is 11.6 Å². The number of halogens is 1. The second-order valence-electron chi connectivity index (χ2n) is 5.94. The van der Waals surface area contributed by atoms with E-state index in [0.717, 1.165) is 24.5 Å². The van der Waals surface area contributed by atoms with Crippen molar-refractivity contribution in [1.82, 2.24) is 0 Å². The van der Waals surface area contributed by atoms with Crippen molar-refractivity contribution >= 4 is 11.6 Å². The first kappa shape index (κ1) is 18.3. The minimum Gasteiger partial charge on any atom is -0.508 e. The van der Waals surface area contributed by atoms with E-state index in [-0.39, 0.29) is 11.4 Å². The van der Waals surface area contributed by atoms with Crippen molar-refractivity contribution in [3.63, 3.8) is 0 Å². The molecule has 1 rings (SSSR count). The zero-order valence-electron chi connectivity index (χ0n) is 12.7. The number of aromatic hydroxyl groups is 1. The van der Waals surface area contributed by atoms with Crippen LogP contribution in [-0.2, 0) is 10.6 Å². The molecule has 0 radical (unpaired) electrons. The number of phenolic OH excluding ortho intramolecular Hbond substituents is 1. The summed E-state index contributed by atoms with van der Waals surface area (Å²) in [7, 11) is 0. The van der Waals surface area contributed by atoms with Crippen LogP contribution in [0.15, 0.2) is 24.3 Å². The first-order valence-corrected chi connectivity index (χ1v) is 7.26. The third kappa shape index (κ3) is 12.1. The van der Waals surface area contributed by atoms with E-state index in [0.29, 0.717) is 5.88 Å². The van der Waals surface area contributed by atoms with E-state index in [1.54, 1.807) is 24.3 Å². The summed E-state index contributed by atoms with van der Waals surface area (Å²) in [6.45, 7) is 11.6. The van der Waals surface area contributed by atoms with Gasteiger partial charge in [-0.2, -0.15) is 0 Å². The Morgan fingerprint density at radius 3 is 2.05 bits per heavy atom. The largest absolute Gasteiger partial charge is 0.508 e. The van der Waals surface area contributed by atoms with Crippen molar-refractivity contribution < 1.29 is 9.84 Å². The maximum Gasteiger partial charge on any atom is 0.115 e. The standard InChI is InChI=1S/C9H20O.C7H7ClO/c1-8(2)6-7-10-9(3,4)5;8-5-6-1-3-7(9)4-2-6/h8H,6-7H2,1-5H3;1-4,9H,5H2. The molecule has 1 N–H and O–H groups in total. The number of benzene rings is 1. The topological polar surface area (TPSA) is 29.5 Å². The highest BCUT2D eigenvalue weighted by Crippen LogP contribution is 2.10. The first-order chi connectivity index (χ1) is 8.74. The summed E-state index contributed by atoms with van der Waals surface area (Å²) in [4.78, 5) is 0. The van der Waals surface area contributed by atoms with Gasteiger partial charge in [0.05, 0.1) is 5.60 Å². The summed E-state index contributed by atoms with van der Waals surface area (Å²) < 4.78 is 5.54. The van der Waals surface area contributed by atoms with Crippen LogP contribution in [-0.4, -0.2) is 17.3 Å². The Balaban J connectivity index is 0.000000342. The molecule has 0 bridgehead atoms. The van der Waals surface area contributed by atoms with Gasteiger partial charge < -0.3 is 9.84 Å². The number of phenols is 1. The van der Waals surface area contributed by atoms with Crippen LogP contribution in [0.2, 0.25) is 0 Å². The molecule has 0 spiro atoms. The Bertz CT molecular complexity index is 326. The number of ether oxygens (including phenoxy) is 1. The van der Waals surface area contributed by atoms with Gasteiger partial charge in [-0.05, 0) is 50.8 Å². The molecule has 3 heteroatoms. The molecule has 0 amide bonds. The van der Waals surface area contributed by atoms with Gasteiger partial charge in [0.2, 0.25) is 0 Å². The molecular formula is C16H27ClO2. The second kappa shape index (κ2) is 9.22. The normalized spacial score (nSPS) is 11.1. The highest BCUT2D eigenvalue weighted by atomic mass is 35.5. The minimum absolute atomic E-state index is 0.0366. The van der Waals surface area contributed by atoms with Gasteiger partial charge in [-0.25, -0.2) is 0 Å². The Morgan fingerprint density at radius 2 is 1.68 bits per heavy atom. The fourth-order valence-electron chi connectivity index (χ4n) is 1.19. The van der Waals surface area contributed by atoms with Crippen LogP contribution in [0, 0.1) is 5.92 Å². The van der Waals surface area contributed by atoms with Gasteiger partial charge in [0.25, 0.3) is 0 Å². The molecule has 0 heterocycles. The van der Waals surface area contributed by atoms with Gasteiger partial charge in [-0.3, -0.25) is 0 Å². The van der Waals surface area contributed by atoms with Crippen LogP contribution in [0.3, 0.4) is 0 Å². The molecule has 1 aromatic rings. The molecule has 0 aliphatic heterocycles. The summed E-state index contributed by atoms with van der Waals surface area (Å²) in [6, 6.07) is 6.83. The van der Waals surface area contributed by atoms with Crippen LogP contribution in [0.25, 0.3) is 0 Å². The fourth-order valence-corrected chi connectivity index (χ4v) is 1.36. The Kier molecular flexibility index (Phi) is 8.86. The van der Waals surface area contributed by atoms with E-state index >= 15 is 0 Å². The van der Waals surface area contributed by atoms with E-state index in [1.807, 2.05) is 0 Å². The summed E-state index contributed by atoms with van der Waals surface area (Å²) in [5.41, 5.74) is 1.06. The van der Waals surface area contributed by atoms with Gasteiger partial charge in [0, 0.05) is 12.5 Å². The van der Waals surface area contributed by atoms with Crippen molar-refractivity contribution in [1.29, 1.82) is 0 Å². The van der Waals surface area contributed by atoms with E-state index < -0.39 is 0 Å². The van der Waals surface area contributed by atoms with Crippen molar-refractivity contribution in [2.75, 3.05) is 6.61 Å². The highest BCUT2D eigenvalue weighted by Gasteiger charge is 2.09. The van der Waals surface area contributed by atoms with Gasteiger partial charge in [-0.15, -0.1) is 11.6 Å². The van der Waals surface area contributed by atoms with Crippen LogP contribution < -0.4 is 0 Å². The molecular weight excluding hydrogens is 260 g/mol. The number of rotatable bonds is 4. The van der Waals surface area contributed by atoms with Crippen LogP contribution in [0.1, 0.15) is 46.6 Å². The number of hydrogen-bond acceptors (Lipinski definition) is 2. The van der Waals surface area contributed by atoms with Crippen LogP contribution in [0.5, 0.6) is 5.75 Å². The second-order valence-corrected chi connectivity index (χ2v) is 6.21. The van der Waals surface area contributed by atoms with E-state index in [9.17, 15) is 0 Å². The molecule has 0 unspecified atom stereocenters. The van der Waals surface area contributed by atoms with Gasteiger partial charge >= 0.3 is 0 Å². The molecule has 19 heavy (non-hydrogen) atoms. The molecule has 110 valence electrons. The van der Waals surface area contributed by atoms with Gasteiger partial charge in [0.15, 0.2) is 0 Å². The summed E-state index contributed by atoms with van der Waals surface area (Å²) in [5.74, 6) is 1.53. The lowest BCUT2D eigenvalue weighted by molar-refractivity contribution is -0.00774. The molecule has 0 saturated carbocycles. The van der Waals surface area contributed by atoms with E-state index in [4.69, 9.17) is 21.4 Å². The average molecular weight is 287 g/mol. The zero-order valence-corrected chi connectivity index (χ0v) is 13.5. The predicted molar refractivity (Wildman–Crippen MR) is 82.8 cm³/mol. The SMILES string of the molecule is CC(C)CCOC(C)(C)C.Oc1ccc(CCl)cc1. The van der Waals surface area contributed by atoms with Crippen molar-refractivity contribution in [2.24, 2.45) is 5.92 Å². The first-order valence-electron chi connectivity index (χ1n) is 6.72. The summed E-state index contributed by atoms with van der Waals surface area (Å²) in [6.07, 6.45) is 1.16. The molecule has 0 aromatic heterocycles. The van der Waals surface area contributed by atoms with Crippen molar-refractivity contribution in [3.05, 3.63) is 29.8 Å². The number of alkyl halides is 1. The fraction of sp³-hybridized carbons (Fsp3) is 0.625. The quantitative estimate of drug-likeness (QED) is 0.791. The third-order valence-corrected chi connectivity index (χ3v) is 2.63.